The molecule has 33 heavy (non-hydrogen) atoms. The standard InChI is InChI=1S/C27H41N3O3/c1-5-7-13-23(31)21(17-19-14-15-19)25(32)30-27(16-8-6-2)26(33)28-22-12-10-9-11-20(22)24(29-27)18(3)4/h9-12,18-19,21,23,31H,5-8,13-17H2,1-4H3,(H,28,33)(H,30,32). The Morgan fingerprint density at radius 1 is 1.21 bits per heavy atom. The highest BCUT2D eigenvalue weighted by molar-refractivity contribution is 6.14. The number of aliphatic hydroxyl groups is 1. The Bertz CT molecular complexity index is 862. The third kappa shape index (κ3) is 6.23. The van der Waals surface area contributed by atoms with Crippen LogP contribution in [-0.2, 0) is 9.59 Å². The Balaban J connectivity index is 1.97. The largest absolute Gasteiger partial charge is 0.392 e. The smallest absolute Gasteiger partial charge is 0.272 e. The lowest BCUT2D eigenvalue weighted by atomic mass is 9.90. The minimum absolute atomic E-state index is 0.0779. The van der Waals surface area contributed by atoms with Crippen LogP contribution in [0.4, 0.5) is 5.69 Å². The molecule has 1 heterocycles. The molecular weight excluding hydrogens is 414 g/mol. The van der Waals surface area contributed by atoms with Crippen molar-refractivity contribution in [1.82, 2.24) is 5.32 Å². The zero-order valence-electron chi connectivity index (χ0n) is 20.7. The molecule has 2 aliphatic rings. The number of benzene rings is 1. The summed E-state index contributed by atoms with van der Waals surface area (Å²) in [4.78, 5) is 32.2. The van der Waals surface area contributed by atoms with Crippen molar-refractivity contribution in [2.24, 2.45) is 22.7 Å². The molecule has 1 aliphatic carbocycles. The first-order valence-corrected chi connectivity index (χ1v) is 12.8. The van der Waals surface area contributed by atoms with Crippen LogP contribution in [0.5, 0.6) is 0 Å². The van der Waals surface area contributed by atoms with E-state index >= 15 is 0 Å². The van der Waals surface area contributed by atoms with E-state index in [-0.39, 0.29) is 17.7 Å². The van der Waals surface area contributed by atoms with Crippen molar-refractivity contribution in [3.63, 3.8) is 0 Å². The summed E-state index contributed by atoms with van der Waals surface area (Å²) in [6.07, 6.45) is 6.69. The first-order valence-electron chi connectivity index (χ1n) is 12.8. The summed E-state index contributed by atoms with van der Waals surface area (Å²) in [6.45, 7) is 8.26. The fraction of sp³-hybridized carbons (Fsp3) is 0.667. The number of aliphatic imine (C=N–C) groups is 1. The van der Waals surface area contributed by atoms with E-state index in [4.69, 9.17) is 4.99 Å². The number of carbonyl (C=O) groups is 2. The molecule has 3 rings (SSSR count). The number of carbonyl (C=O) groups excluding carboxylic acids is 2. The Morgan fingerprint density at radius 3 is 2.55 bits per heavy atom. The van der Waals surface area contributed by atoms with E-state index in [1.165, 1.54) is 0 Å². The predicted octanol–water partition coefficient (Wildman–Crippen LogP) is 5.05. The van der Waals surface area contributed by atoms with Crippen molar-refractivity contribution in [3.8, 4) is 0 Å². The molecule has 6 nitrogen and oxygen atoms in total. The van der Waals surface area contributed by atoms with Crippen molar-refractivity contribution in [3.05, 3.63) is 29.8 Å². The molecule has 1 aromatic carbocycles. The normalized spacial score (nSPS) is 22.1. The molecule has 1 aromatic rings. The van der Waals surface area contributed by atoms with Crippen LogP contribution in [0.25, 0.3) is 0 Å². The van der Waals surface area contributed by atoms with Gasteiger partial charge in [-0.05, 0) is 37.2 Å². The summed E-state index contributed by atoms with van der Waals surface area (Å²) < 4.78 is 0. The number of hydrogen-bond donors (Lipinski definition) is 3. The van der Waals surface area contributed by atoms with Crippen molar-refractivity contribution < 1.29 is 14.7 Å². The molecule has 1 aliphatic heterocycles. The molecule has 182 valence electrons. The van der Waals surface area contributed by atoms with E-state index in [2.05, 4.69) is 38.3 Å². The second-order valence-corrected chi connectivity index (χ2v) is 10.1. The van der Waals surface area contributed by atoms with Crippen LogP contribution in [0.3, 0.4) is 0 Å². The number of nitrogens with one attached hydrogen (secondary N) is 2. The SMILES string of the molecule is CCCCC(O)C(CC1CC1)C(=O)NC1(CCCC)N=C(C(C)C)c2ccccc2NC1=O. The maximum Gasteiger partial charge on any atom is 0.272 e. The summed E-state index contributed by atoms with van der Waals surface area (Å²) in [7, 11) is 0. The molecule has 6 heteroatoms. The van der Waals surface area contributed by atoms with Gasteiger partial charge in [-0.25, -0.2) is 0 Å². The number of amides is 2. The number of para-hydroxylation sites is 1. The molecule has 3 N–H and O–H groups in total. The van der Waals surface area contributed by atoms with Crippen molar-refractivity contribution >= 4 is 23.2 Å². The van der Waals surface area contributed by atoms with Crippen molar-refractivity contribution in [2.45, 2.75) is 97.2 Å². The summed E-state index contributed by atoms with van der Waals surface area (Å²) in [5.74, 6) is -0.506. The van der Waals surface area contributed by atoms with Gasteiger partial charge in [0.05, 0.1) is 17.7 Å². The topological polar surface area (TPSA) is 90.8 Å². The van der Waals surface area contributed by atoms with Gasteiger partial charge in [0, 0.05) is 17.7 Å². The van der Waals surface area contributed by atoms with Crippen LogP contribution in [0, 0.1) is 17.8 Å². The van der Waals surface area contributed by atoms with Gasteiger partial charge < -0.3 is 15.7 Å². The number of aliphatic hydroxyl groups excluding tert-OH is 1. The van der Waals surface area contributed by atoms with Gasteiger partial charge in [0.2, 0.25) is 11.6 Å². The molecule has 1 fully saturated rings. The number of fused-ring (bicyclic) bond motifs is 1. The minimum atomic E-state index is -1.38. The second kappa shape index (κ2) is 11.3. The monoisotopic (exact) mass is 455 g/mol. The van der Waals surface area contributed by atoms with Gasteiger partial charge in [0.1, 0.15) is 0 Å². The Morgan fingerprint density at radius 2 is 1.91 bits per heavy atom. The van der Waals surface area contributed by atoms with Crippen LogP contribution in [0.1, 0.15) is 91.0 Å². The first kappa shape index (κ1) is 25.4. The number of anilines is 1. The van der Waals surface area contributed by atoms with E-state index in [0.29, 0.717) is 25.2 Å². The van der Waals surface area contributed by atoms with E-state index in [1.54, 1.807) is 0 Å². The van der Waals surface area contributed by atoms with Gasteiger partial charge in [0.25, 0.3) is 5.91 Å². The molecule has 0 saturated heterocycles. The van der Waals surface area contributed by atoms with Gasteiger partial charge in [-0.3, -0.25) is 14.6 Å². The molecule has 0 bridgehead atoms. The molecule has 0 spiro atoms. The van der Waals surface area contributed by atoms with Crippen molar-refractivity contribution in [2.75, 3.05) is 5.32 Å². The lowest BCUT2D eigenvalue weighted by Gasteiger charge is -2.32. The fourth-order valence-corrected chi connectivity index (χ4v) is 4.61. The van der Waals surface area contributed by atoms with Crippen molar-refractivity contribution in [1.29, 1.82) is 0 Å². The highest BCUT2D eigenvalue weighted by atomic mass is 16.3. The van der Waals surface area contributed by atoms with E-state index in [1.807, 2.05) is 24.3 Å². The third-order valence-electron chi connectivity index (χ3n) is 6.85. The zero-order chi connectivity index (χ0) is 24.0. The molecule has 3 unspecified atom stereocenters. The maximum absolute atomic E-state index is 13.6. The van der Waals surface area contributed by atoms with Crippen LogP contribution < -0.4 is 10.6 Å². The maximum atomic E-state index is 13.6. The number of nitrogens with zero attached hydrogens (tertiary/aromatic N) is 1. The lowest BCUT2D eigenvalue weighted by molar-refractivity contribution is -0.136. The van der Waals surface area contributed by atoms with Gasteiger partial charge in [-0.1, -0.05) is 78.0 Å². The summed E-state index contributed by atoms with van der Waals surface area (Å²) in [6, 6.07) is 7.69. The van der Waals surface area contributed by atoms with Gasteiger partial charge >= 0.3 is 0 Å². The average molecular weight is 456 g/mol. The quantitative estimate of drug-likeness (QED) is 0.412. The van der Waals surface area contributed by atoms with Crippen LogP contribution in [0.2, 0.25) is 0 Å². The highest BCUT2D eigenvalue weighted by Gasteiger charge is 2.44. The van der Waals surface area contributed by atoms with Crippen LogP contribution in [0.15, 0.2) is 29.3 Å². The number of rotatable bonds is 12. The number of benzodiazepines with no additional fused rings is 1. The second-order valence-electron chi connectivity index (χ2n) is 10.1. The Kier molecular flexibility index (Phi) is 8.69. The molecule has 1 saturated carbocycles. The first-order chi connectivity index (χ1) is 15.8. The predicted molar refractivity (Wildman–Crippen MR) is 133 cm³/mol. The lowest BCUT2D eigenvalue weighted by Crippen LogP contribution is -2.58. The van der Waals surface area contributed by atoms with E-state index in [0.717, 1.165) is 55.5 Å². The van der Waals surface area contributed by atoms with E-state index < -0.39 is 17.7 Å². The number of unbranched alkanes of at least 4 members (excludes halogenated alkanes) is 2. The average Bonchev–Trinajstić information content (AvgIpc) is 3.62. The zero-order valence-corrected chi connectivity index (χ0v) is 20.7. The van der Waals surface area contributed by atoms with Crippen LogP contribution >= 0.6 is 0 Å². The van der Waals surface area contributed by atoms with Gasteiger partial charge in [-0.2, -0.15) is 0 Å². The fourth-order valence-electron chi connectivity index (χ4n) is 4.61. The third-order valence-corrected chi connectivity index (χ3v) is 6.85. The van der Waals surface area contributed by atoms with E-state index in [9.17, 15) is 14.7 Å². The van der Waals surface area contributed by atoms with Gasteiger partial charge in [0.15, 0.2) is 0 Å². The molecule has 2 amide bonds. The number of hydrogen-bond acceptors (Lipinski definition) is 4. The summed E-state index contributed by atoms with van der Waals surface area (Å²) in [5, 5.41) is 17.0. The minimum Gasteiger partial charge on any atom is -0.392 e. The molecule has 0 radical (unpaired) electrons. The summed E-state index contributed by atoms with van der Waals surface area (Å²) in [5.41, 5.74) is 1.05. The summed E-state index contributed by atoms with van der Waals surface area (Å²) >= 11 is 0. The molecule has 0 aromatic heterocycles. The Hall–Kier alpha value is -2.21. The van der Waals surface area contributed by atoms with Crippen LogP contribution in [-0.4, -0.2) is 34.4 Å². The Labute approximate surface area is 198 Å². The molecule has 3 atom stereocenters. The highest BCUT2D eigenvalue weighted by Crippen LogP contribution is 2.38. The molecular formula is C27H41N3O3. The van der Waals surface area contributed by atoms with Gasteiger partial charge in [-0.15, -0.1) is 0 Å².